The van der Waals surface area contributed by atoms with Gasteiger partial charge < -0.3 is 20.2 Å². The zero-order valence-corrected chi connectivity index (χ0v) is 17.0. The van der Waals surface area contributed by atoms with E-state index in [2.05, 4.69) is 10.0 Å². The molecule has 2 aromatic carbocycles. The van der Waals surface area contributed by atoms with Gasteiger partial charge in [-0.05, 0) is 31.2 Å². The number of para-hydroxylation sites is 1. The molecule has 0 aliphatic carbocycles. The average molecular weight is 431 g/mol. The summed E-state index contributed by atoms with van der Waals surface area (Å²) >= 11 is 0. The Morgan fingerprint density at radius 3 is 2.57 bits per heavy atom. The van der Waals surface area contributed by atoms with Crippen LogP contribution in [0.1, 0.15) is 12.8 Å². The summed E-state index contributed by atoms with van der Waals surface area (Å²) in [4.78, 5) is 24.8. The summed E-state index contributed by atoms with van der Waals surface area (Å²) in [5.74, 6) is 0.199. The van der Waals surface area contributed by atoms with Crippen LogP contribution in [0.15, 0.2) is 57.9 Å². The summed E-state index contributed by atoms with van der Waals surface area (Å²) < 4.78 is 37.1. The Morgan fingerprint density at radius 1 is 1.17 bits per heavy atom. The van der Waals surface area contributed by atoms with Gasteiger partial charge in [0.2, 0.25) is 21.4 Å². The third kappa shape index (κ3) is 5.37. The quantitative estimate of drug-likeness (QED) is 0.498. The number of carbonyl (C=O) groups excluding carboxylic acids is 1. The fourth-order valence-corrected chi connectivity index (χ4v) is 3.26. The molecule has 1 heterocycles. The largest absolute Gasteiger partial charge is 0.462 e. The predicted octanol–water partition coefficient (Wildman–Crippen LogP) is 2.63. The number of fused-ring (bicyclic) bond motifs is 1. The molecular formula is C20H21N3O6S. The summed E-state index contributed by atoms with van der Waals surface area (Å²) in [5.41, 5.74) is 5.11. The van der Waals surface area contributed by atoms with E-state index >= 15 is 0 Å². The first-order valence-electron chi connectivity index (χ1n) is 9.07. The van der Waals surface area contributed by atoms with E-state index in [4.69, 9.17) is 14.9 Å². The molecule has 0 aliphatic heterocycles. The normalized spacial score (nSPS) is 11.3. The minimum absolute atomic E-state index is 0.0287. The molecule has 0 saturated carbocycles. The van der Waals surface area contributed by atoms with Crippen molar-refractivity contribution in [2.75, 3.05) is 22.8 Å². The number of rotatable bonds is 8. The highest BCUT2D eigenvalue weighted by atomic mass is 32.2. The van der Waals surface area contributed by atoms with Gasteiger partial charge in [0.15, 0.2) is 5.75 Å². The number of benzene rings is 2. The van der Waals surface area contributed by atoms with Crippen LogP contribution < -0.4 is 25.9 Å². The topological polar surface area (TPSA) is 141 Å². The minimum atomic E-state index is -3.62. The monoisotopic (exact) mass is 431 g/mol. The molecule has 158 valence electrons. The van der Waals surface area contributed by atoms with Crippen molar-refractivity contribution in [3.63, 3.8) is 0 Å². The van der Waals surface area contributed by atoms with E-state index in [0.717, 1.165) is 12.5 Å². The van der Waals surface area contributed by atoms with Gasteiger partial charge in [-0.1, -0.05) is 18.2 Å². The van der Waals surface area contributed by atoms with Crippen LogP contribution in [-0.2, 0) is 14.8 Å². The van der Waals surface area contributed by atoms with Gasteiger partial charge in [-0.25, -0.2) is 8.42 Å². The Labute approximate surface area is 172 Å². The van der Waals surface area contributed by atoms with E-state index in [0.29, 0.717) is 18.7 Å². The van der Waals surface area contributed by atoms with Crippen molar-refractivity contribution in [2.45, 2.75) is 12.8 Å². The van der Waals surface area contributed by atoms with Crippen molar-refractivity contribution in [1.82, 2.24) is 0 Å². The van der Waals surface area contributed by atoms with Crippen LogP contribution in [-0.4, -0.2) is 27.1 Å². The molecule has 9 nitrogen and oxygen atoms in total. The molecule has 30 heavy (non-hydrogen) atoms. The smallest absolute Gasteiger partial charge is 0.229 e. The second kappa shape index (κ2) is 8.97. The molecule has 0 spiro atoms. The Balaban J connectivity index is 2.06. The molecular weight excluding hydrogens is 410 g/mol. The molecule has 1 amide bonds. The van der Waals surface area contributed by atoms with Crippen LogP contribution in [0, 0.1) is 0 Å². The fraction of sp³-hybridized carbons (Fsp3) is 0.200. The van der Waals surface area contributed by atoms with Crippen LogP contribution in [0.4, 0.5) is 11.4 Å². The van der Waals surface area contributed by atoms with Gasteiger partial charge in [0, 0.05) is 12.5 Å². The molecule has 3 rings (SSSR count). The number of amides is 1. The molecule has 0 bridgehead atoms. The Morgan fingerprint density at radius 2 is 1.90 bits per heavy atom. The number of nitrogens with two attached hydrogens (primary N) is 1. The van der Waals surface area contributed by atoms with Crippen molar-refractivity contribution < 1.29 is 22.4 Å². The highest BCUT2D eigenvalue weighted by molar-refractivity contribution is 7.92. The van der Waals surface area contributed by atoms with Crippen LogP contribution in [0.5, 0.6) is 11.5 Å². The molecule has 10 heteroatoms. The number of ether oxygens (including phenoxy) is 1. The number of nitrogens with one attached hydrogen (secondary N) is 2. The molecule has 0 aliphatic rings. The Kier molecular flexibility index (Phi) is 6.38. The maximum Gasteiger partial charge on any atom is 0.229 e. The third-order valence-electron chi connectivity index (χ3n) is 4.02. The number of hydrogen-bond acceptors (Lipinski definition) is 7. The Bertz CT molecular complexity index is 1220. The van der Waals surface area contributed by atoms with Crippen LogP contribution >= 0.6 is 0 Å². The number of anilines is 2. The summed E-state index contributed by atoms with van der Waals surface area (Å²) in [6.07, 6.45) is 2.78. The van der Waals surface area contributed by atoms with Gasteiger partial charge >= 0.3 is 0 Å². The lowest BCUT2D eigenvalue weighted by atomic mass is 10.2. The first kappa shape index (κ1) is 21.3. The lowest BCUT2D eigenvalue weighted by molar-refractivity contribution is -0.116. The molecule has 0 atom stereocenters. The van der Waals surface area contributed by atoms with Gasteiger partial charge in [0.05, 0.1) is 17.3 Å². The van der Waals surface area contributed by atoms with E-state index in [-0.39, 0.29) is 40.4 Å². The average Bonchev–Trinajstić information content (AvgIpc) is 2.69. The molecule has 4 N–H and O–H groups in total. The van der Waals surface area contributed by atoms with Crippen LogP contribution in [0.2, 0.25) is 0 Å². The number of sulfonamides is 1. The number of hydrogen-bond donors (Lipinski definition) is 3. The molecule has 0 fully saturated rings. The summed E-state index contributed by atoms with van der Waals surface area (Å²) in [7, 11) is -3.62. The second-order valence-electron chi connectivity index (χ2n) is 6.55. The van der Waals surface area contributed by atoms with Crippen molar-refractivity contribution in [1.29, 1.82) is 0 Å². The van der Waals surface area contributed by atoms with Crippen molar-refractivity contribution in [2.24, 2.45) is 5.73 Å². The van der Waals surface area contributed by atoms with E-state index in [1.807, 2.05) is 0 Å². The van der Waals surface area contributed by atoms with Gasteiger partial charge in [0.1, 0.15) is 23.3 Å². The van der Waals surface area contributed by atoms with Crippen molar-refractivity contribution in [3.05, 3.63) is 59.0 Å². The zero-order chi connectivity index (χ0) is 21.7. The second-order valence-corrected chi connectivity index (χ2v) is 8.30. The molecule has 1 aromatic heterocycles. The van der Waals surface area contributed by atoms with Gasteiger partial charge in [-0.2, -0.15) is 0 Å². The molecule has 0 saturated heterocycles. The van der Waals surface area contributed by atoms with E-state index in [9.17, 15) is 18.0 Å². The first-order valence-corrected chi connectivity index (χ1v) is 11.0. The SMILES string of the molecule is CS(=O)(=O)Nc1cc2occ(NC(=O)CCCN)c(=O)c2cc1Oc1ccccc1. The Hall–Kier alpha value is -3.37. The van der Waals surface area contributed by atoms with Crippen molar-refractivity contribution in [3.8, 4) is 11.5 Å². The predicted molar refractivity (Wildman–Crippen MR) is 114 cm³/mol. The highest BCUT2D eigenvalue weighted by Gasteiger charge is 2.16. The third-order valence-corrected chi connectivity index (χ3v) is 4.61. The molecule has 3 aromatic rings. The van der Waals surface area contributed by atoms with E-state index in [1.165, 1.54) is 12.1 Å². The molecule has 0 unspecified atom stereocenters. The zero-order valence-electron chi connectivity index (χ0n) is 16.2. The summed E-state index contributed by atoms with van der Waals surface area (Å²) in [6.45, 7) is 0.357. The highest BCUT2D eigenvalue weighted by Crippen LogP contribution is 2.34. The van der Waals surface area contributed by atoms with Gasteiger partial charge in [0.25, 0.3) is 0 Å². The minimum Gasteiger partial charge on any atom is -0.462 e. The van der Waals surface area contributed by atoms with Crippen molar-refractivity contribution >= 4 is 38.3 Å². The van der Waals surface area contributed by atoms with Crippen LogP contribution in [0.25, 0.3) is 11.0 Å². The standard InChI is InChI=1S/C20H21N3O6S/c1-30(26,27)23-15-11-17-14(10-18(15)29-13-6-3-2-4-7-13)20(25)16(12-28-17)22-19(24)8-5-9-21/h2-4,6-7,10-12,23H,5,8-9,21H2,1H3,(H,22,24). The maximum atomic E-state index is 12.8. The lowest BCUT2D eigenvalue weighted by Gasteiger charge is -2.13. The summed E-state index contributed by atoms with van der Waals surface area (Å²) in [6, 6.07) is 11.4. The van der Waals surface area contributed by atoms with E-state index < -0.39 is 15.5 Å². The lowest BCUT2D eigenvalue weighted by Crippen LogP contribution is -2.19. The summed E-state index contributed by atoms with van der Waals surface area (Å²) in [5, 5.41) is 2.63. The van der Waals surface area contributed by atoms with Gasteiger partial charge in [-0.3, -0.25) is 14.3 Å². The van der Waals surface area contributed by atoms with Crippen LogP contribution in [0.3, 0.4) is 0 Å². The fourth-order valence-electron chi connectivity index (χ4n) is 2.70. The molecule has 0 radical (unpaired) electrons. The van der Waals surface area contributed by atoms with E-state index in [1.54, 1.807) is 30.3 Å². The van der Waals surface area contributed by atoms with Gasteiger partial charge in [-0.15, -0.1) is 0 Å². The maximum absolute atomic E-state index is 12.8. The first-order chi connectivity index (χ1) is 14.3. The number of carbonyl (C=O) groups is 1.